The third-order valence-electron chi connectivity index (χ3n) is 1.79. The standard InChI is InChI=1S/C11H14FNO3/c1-11(2,13)6-16-8-5-3-4-7(12)9(8)10(14)15/h3-5H,6,13H2,1-2H3,(H,14,15). The summed E-state index contributed by atoms with van der Waals surface area (Å²) >= 11 is 0. The second kappa shape index (κ2) is 4.49. The van der Waals surface area contributed by atoms with Crippen LogP contribution in [0.1, 0.15) is 24.2 Å². The maximum Gasteiger partial charge on any atom is 0.342 e. The number of halogens is 1. The second-order valence-corrected chi connectivity index (χ2v) is 4.20. The van der Waals surface area contributed by atoms with Gasteiger partial charge in [0.15, 0.2) is 0 Å². The van der Waals surface area contributed by atoms with Crippen LogP contribution in [0.25, 0.3) is 0 Å². The van der Waals surface area contributed by atoms with Crippen LogP contribution in [-0.2, 0) is 0 Å². The number of hydrogen-bond donors (Lipinski definition) is 2. The molecule has 3 N–H and O–H groups in total. The van der Waals surface area contributed by atoms with E-state index in [1.165, 1.54) is 12.1 Å². The van der Waals surface area contributed by atoms with Crippen molar-refractivity contribution in [1.82, 2.24) is 0 Å². The molecular weight excluding hydrogens is 213 g/mol. The van der Waals surface area contributed by atoms with Crippen molar-refractivity contribution in [3.63, 3.8) is 0 Å². The number of carboxylic acids is 1. The lowest BCUT2D eigenvalue weighted by molar-refractivity contribution is 0.0685. The van der Waals surface area contributed by atoms with Gasteiger partial charge in [-0.05, 0) is 26.0 Å². The third kappa shape index (κ3) is 3.20. The molecule has 0 heterocycles. The summed E-state index contributed by atoms with van der Waals surface area (Å²) in [5.41, 5.74) is 4.61. The number of hydrogen-bond acceptors (Lipinski definition) is 3. The monoisotopic (exact) mass is 227 g/mol. The van der Waals surface area contributed by atoms with Gasteiger partial charge in [0.1, 0.15) is 23.7 Å². The molecule has 0 aliphatic heterocycles. The van der Waals surface area contributed by atoms with Crippen LogP contribution in [-0.4, -0.2) is 23.2 Å². The zero-order valence-corrected chi connectivity index (χ0v) is 9.16. The van der Waals surface area contributed by atoms with Gasteiger partial charge >= 0.3 is 5.97 Å². The summed E-state index contributed by atoms with van der Waals surface area (Å²) in [6, 6.07) is 3.86. The van der Waals surface area contributed by atoms with Crippen LogP contribution in [0.5, 0.6) is 5.75 Å². The van der Waals surface area contributed by atoms with E-state index in [1.807, 2.05) is 0 Å². The fraction of sp³-hybridized carbons (Fsp3) is 0.364. The molecule has 0 atom stereocenters. The van der Waals surface area contributed by atoms with Gasteiger partial charge in [0, 0.05) is 5.54 Å². The van der Waals surface area contributed by atoms with Crippen LogP contribution < -0.4 is 10.5 Å². The lowest BCUT2D eigenvalue weighted by atomic mass is 10.1. The Balaban J connectivity index is 2.96. The highest BCUT2D eigenvalue weighted by Crippen LogP contribution is 2.22. The Bertz CT molecular complexity index is 399. The maximum atomic E-state index is 13.2. The first kappa shape index (κ1) is 12.4. The fourth-order valence-corrected chi connectivity index (χ4v) is 1.10. The number of carbonyl (C=O) groups is 1. The number of benzene rings is 1. The summed E-state index contributed by atoms with van der Waals surface area (Å²) in [4.78, 5) is 10.8. The number of nitrogens with two attached hydrogens (primary N) is 1. The Morgan fingerprint density at radius 3 is 2.69 bits per heavy atom. The van der Waals surface area contributed by atoms with Gasteiger partial charge in [0.2, 0.25) is 0 Å². The van der Waals surface area contributed by atoms with Crippen molar-refractivity contribution in [2.24, 2.45) is 5.73 Å². The molecular formula is C11H14FNO3. The van der Waals surface area contributed by atoms with Crippen molar-refractivity contribution < 1.29 is 19.0 Å². The topological polar surface area (TPSA) is 72.5 Å². The first-order valence-electron chi connectivity index (χ1n) is 4.75. The molecule has 0 saturated carbocycles. The molecule has 0 radical (unpaired) electrons. The van der Waals surface area contributed by atoms with Gasteiger partial charge in [0.25, 0.3) is 0 Å². The van der Waals surface area contributed by atoms with E-state index >= 15 is 0 Å². The van der Waals surface area contributed by atoms with Gasteiger partial charge in [-0.15, -0.1) is 0 Å². The highest BCUT2D eigenvalue weighted by atomic mass is 19.1. The van der Waals surface area contributed by atoms with E-state index in [4.69, 9.17) is 15.6 Å². The predicted octanol–water partition coefficient (Wildman–Crippen LogP) is 1.64. The average molecular weight is 227 g/mol. The van der Waals surface area contributed by atoms with E-state index in [0.29, 0.717) is 0 Å². The summed E-state index contributed by atoms with van der Waals surface area (Å²) in [7, 11) is 0. The Kier molecular flexibility index (Phi) is 3.49. The van der Waals surface area contributed by atoms with Crippen LogP contribution in [0.3, 0.4) is 0 Å². The van der Waals surface area contributed by atoms with Crippen LogP contribution >= 0.6 is 0 Å². The van der Waals surface area contributed by atoms with Gasteiger partial charge in [-0.1, -0.05) is 6.07 Å². The molecule has 0 saturated heterocycles. The molecule has 0 spiro atoms. The number of carboxylic acid groups (broad SMARTS) is 1. The highest BCUT2D eigenvalue weighted by Gasteiger charge is 2.19. The van der Waals surface area contributed by atoms with Crippen molar-refractivity contribution in [2.75, 3.05) is 6.61 Å². The van der Waals surface area contributed by atoms with Crippen molar-refractivity contribution >= 4 is 5.97 Å². The van der Waals surface area contributed by atoms with Crippen LogP contribution in [0, 0.1) is 5.82 Å². The quantitative estimate of drug-likeness (QED) is 0.820. The summed E-state index contributed by atoms with van der Waals surface area (Å²) < 4.78 is 18.4. The van der Waals surface area contributed by atoms with Gasteiger partial charge < -0.3 is 15.6 Å². The molecule has 0 bridgehead atoms. The summed E-state index contributed by atoms with van der Waals surface area (Å²) in [6.45, 7) is 3.57. The average Bonchev–Trinajstić information content (AvgIpc) is 2.12. The zero-order chi connectivity index (χ0) is 12.3. The number of ether oxygens (including phenoxy) is 1. The molecule has 1 aromatic carbocycles. The lowest BCUT2D eigenvalue weighted by Crippen LogP contribution is -2.38. The smallest absolute Gasteiger partial charge is 0.342 e. The van der Waals surface area contributed by atoms with Crippen molar-refractivity contribution in [2.45, 2.75) is 19.4 Å². The van der Waals surface area contributed by atoms with E-state index in [0.717, 1.165) is 6.07 Å². The van der Waals surface area contributed by atoms with Crippen molar-refractivity contribution in [3.05, 3.63) is 29.6 Å². The molecule has 0 aromatic heterocycles. The van der Waals surface area contributed by atoms with Gasteiger partial charge in [-0.2, -0.15) is 0 Å². The van der Waals surface area contributed by atoms with E-state index in [1.54, 1.807) is 13.8 Å². The zero-order valence-electron chi connectivity index (χ0n) is 9.16. The maximum absolute atomic E-state index is 13.2. The Labute approximate surface area is 92.8 Å². The first-order chi connectivity index (χ1) is 7.31. The molecule has 5 heteroatoms. The lowest BCUT2D eigenvalue weighted by Gasteiger charge is -2.19. The van der Waals surface area contributed by atoms with E-state index in [-0.39, 0.29) is 12.4 Å². The van der Waals surface area contributed by atoms with Crippen LogP contribution in [0.4, 0.5) is 4.39 Å². The Morgan fingerprint density at radius 2 is 2.19 bits per heavy atom. The van der Waals surface area contributed by atoms with E-state index in [2.05, 4.69) is 0 Å². The molecule has 4 nitrogen and oxygen atoms in total. The molecule has 0 fully saturated rings. The largest absolute Gasteiger partial charge is 0.491 e. The van der Waals surface area contributed by atoms with E-state index < -0.39 is 22.9 Å². The van der Waals surface area contributed by atoms with Crippen LogP contribution in [0.15, 0.2) is 18.2 Å². The van der Waals surface area contributed by atoms with Gasteiger partial charge in [-0.3, -0.25) is 0 Å². The highest BCUT2D eigenvalue weighted by molar-refractivity contribution is 5.91. The molecule has 1 aromatic rings. The Hall–Kier alpha value is -1.62. The molecule has 1 rings (SSSR count). The second-order valence-electron chi connectivity index (χ2n) is 4.20. The van der Waals surface area contributed by atoms with Gasteiger partial charge in [0.05, 0.1) is 0 Å². The van der Waals surface area contributed by atoms with Crippen molar-refractivity contribution in [3.8, 4) is 5.75 Å². The SMILES string of the molecule is CC(C)(N)COc1cccc(F)c1C(=O)O. The summed E-state index contributed by atoms with van der Waals surface area (Å²) in [6.07, 6.45) is 0. The fourth-order valence-electron chi connectivity index (χ4n) is 1.10. The minimum atomic E-state index is -1.36. The minimum Gasteiger partial charge on any atom is -0.491 e. The third-order valence-corrected chi connectivity index (χ3v) is 1.79. The molecule has 0 amide bonds. The predicted molar refractivity (Wildman–Crippen MR) is 57.1 cm³/mol. The van der Waals surface area contributed by atoms with E-state index in [9.17, 15) is 9.18 Å². The van der Waals surface area contributed by atoms with Crippen molar-refractivity contribution in [1.29, 1.82) is 0 Å². The first-order valence-corrected chi connectivity index (χ1v) is 4.75. The summed E-state index contributed by atoms with van der Waals surface area (Å²) in [5.74, 6) is -2.19. The molecule has 0 unspecified atom stereocenters. The molecule has 16 heavy (non-hydrogen) atoms. The number of rotatable bonds is 4. The number of aromatic carboxylic acids is 1. The Morgan fingerprint density at radius 1 is 1.56 bits per heavy atom. The normalized spacial score (nSPS) is 11.2. The van der Waals surface area contributed by atoms with Crippen LogP contribution in [0.2, 0.25) is 0 Å². The molecule has 0 aliphatic carbocycles. The molecule has 88 valence electrons. The summed E-state index contributed by atoms with van der Waals surface area (Å²) in [5, 5.41) is 8.82. The van der Waals surface area contributed by atoms with Gasteiger partial charge in [-0.25, -0.2) is 9.18 Å². The minimum absolute atomic E-state index is 0.00831. The molecule has 0 aliphatic rings.